The number of ether oxygens (including phenoxy) is 1. The highest BCUT2D eigenvalue weighted by Gasteiger charge is 2.47. The monoisotopic (exact) mass is 820 g/mol. The molecule has 0 aliphatic carbocycles. The second kappa shape index (κ2) is 18.3. The van der Waals surface area contributed by atoms with Crippen LogP contribution in [0.25, 0.3) is 0 Å². The Bertz CT molecular complexity index is 1950. The molecule has 14 nitrogen and oxygen atoms in total. The Balaban J connectivity index is 1.33. The molecule has 0 spiro atoms. The summed E-state index contributed by atoms with van der Waals surface area (Å²) in [6, 6.07) is 5.26. The number of fused-ring (bicyclic) bond motifs is 3. The molecule has 0 radical (unpaired) electrons. The molecular weight excluding hydrogens is 768 g/mol. The maximum atomic E-state index is 14.8. The molecule has 2 aromatic carbocycles. The standard InChI is InChI=1S/C42H53FN6O8S/c1-23-8-6-9-28(16-23)19-31(45-35(50)20-29-12-11-24(2)17-30(29)43)37(51)46-36-27(5)57-42(56)33-18-25(3)21-49(33)39(53)26(4)44-38(52)34-22-58-15-14-48(34)40(54)32-10-7-13-47(32)41(36)55/h6,8-9,11-12,16-17,25-27,31-34,36H,7,10,13-15,18-22H2,1-5H3,(H,44,52)(H,45,50)(H,46,51)/t25-,26+,27+,31+,32+,33+,34+,36+/m1/s1. The molecule has 3 N–H and O–H groups in total. The number of carbonyl (C=O) groups excluding carboxylic acids is 7. The van der Waals surface area contributed by atoms with E-state index in [1.165, 1.54) is 45.5 Å². The van der Waals surface area contributed by atoms with Gasteiger partial charge >= 0.3 is 5.97 Å². The predicted octanol–water partition coefficient (Wildman–Crippen LogP) is 1.82. The lowest BCUT2D eigenvalue weighted by Crippen LogP contribution is -2.63. The summed E-state index contributed by atoms with van der Waals surface area (Å²) in [5.41, 5.74) is 2.46. The normalized spacial score (nSPS) is 27.6. The summed E-state index contributed by atoms with van der Waals surface area (Å²) in [7, 11) is 0. The van der Waals surface area contributed by atoms with Crippen LogP contribution < -0.4 is 16.0 Å². The van der Waals surface area contributed by atoms with Crippen molar-refractivity contribution in [1.29, 1.82) is 0 Å². The SMILES string of the molecule is Cc1cccc(C[C@H](NC(=O)Cc2ccc(C)cc2F)C(=O)N[C@@H]2C(=O)N3CCC[C@H]3C(=O)N3CCSC[C@H]3C(=O)N[C@@H](C)C(=O)N3C[C@H](C)C[C@H]3C(=O)O[C@H]2C)c1. The summed E-state index contributed by atoms with van der Waals surface area (Å²) in [4.78, 5) is 103. The van der Waals surface area contributed by atoms with Gasteiger partial charge in [0.1, 0.15) is 48.2 Å². The Hall–Kier alpha value is -4.99. The average molecular weight is 821 g/mol. The first-order chi connectivity index (χ1) is 27.6. The molecule has 0 unspecified atom stereocenters. The predicted molar refractivity (Wildman–Crippen MR) is 214 cm³/mol. The zero-order chi connectivity index (χ0) is 41.8. The number of aryl methyl sites for hydroxylation is 2. The van der Waals surface area contributed by atoms with Crippen molar-refractivity contribution in [2.24, 2.45) is 5.92 Å². The van der Waals surface area contributed by atoms with Crippen LogP contribution >= 0.6 is 11.8 Å². The van der Waals surface area contributed by atoms with Crippen molar-refractivity contribution in [1.82, 2.24) is 30.7 Å². The van der Waals surface area contributed by atoms with Gasteiger partial charge in [-0.1, -0.05) is 48.9 Å². The van der Waals surface area contributed by atoms with E-state index in [1.54, 1.807) is 26.0 Å². The number of benzene rings is 2. The lowest BCUT2D eigenvalue weighted by atomic mass is 10.0. The minimum Gasteiger partial charge on any atom is -0.458 e. The van der Waals surface area contributed by atoms with E-state index >= 15 is 0 Å². The Morgan fingerprint density at radius 3 is 2.40 bits per heavy atom. The zero-order valence-corrected chi connectivity index (χ0v) is 34.4. The Labute approximate surface area is 342 Å². The van der Waals surface area contributed by atoms with Gasteiger partial charge in [-0.25, -0.2) is 9.18 Å². The van der Waals surface area contributed by atoms with Crippen LogP contribution in [0.4, 0.5) is 4.39 Å². The quantitative estimate of drug-likeness (QED) is 0.353. The third-order valence-electron chi connectivity index (χ3n) is 11.4. The first-order valence-corrected chi connectivity index (χ1v) is 21.2. The minimum absolute atomic E-state index is 0.0151. The van der Waals surface area contributed by atoms with Gasteiger partial charge in [-0.15, -0.1) is 0 Å². The van der Waals surface area contributed by atoms with E-state index in [1.807, 2.05) is 32.0 Å². The number of carbonyl (C=O) groups is 7. The second-order valence-corrected chi connectivity index (χ2v) is 17.3. The van der Waals surface area contributed by atoms with Crippen molar-refractivity contribution in [3.05, 3.63) is 70.5 Å². The van der Waals surface area contributed by atoms with Crippen molar-refractivity contribution in [3.8, 4) is 0 Å². The number of thioether (sulfide) groups is 1. The van der Waals surface area contributed by atoms with Gasteiger partial charge in [-0.3, -0.25) is 28.8 Å². The maximum absolute atomic E-state index is 14.8. The van der Waals surface area contributed by atoms with Gasteiger partial charge in [0.05, 0.1) is 6.42 Å². The van der Waals surface area contributed by atoms with Crippen LogP contribution in [0.2, 0.25) is 0 Å². The fourth-order valence-corrected chi connectivity index (χ4v) is 9.38. The van der Waals surface area contributed by atoms with Gasteiger partial charge in [-0.05, 0) is 75.6 Å². The molecule has 0 saturated carbocycles. The molecule has 6 amide bonds. The van der Waals surface area contributed by atoms with E-state index in [0.717, 1.165) is 5.56 Å². The van der Waals surface area contributed by atoms with Crippen LogP contribution in [0.3, 0.4) is 0 Å². The van der Waals surface area contributed by atoms with Gasteiger partial charge in [-0.2, -0.15) is 11.8 Å². The Morgan fingerprint density at radius 2 is 1.66 bits per heavy atom. The number of hydrogen-bond donors (Lipinski definition) is 3. The topological polar surface area (TPSA) is 175 Å². The molecule has 4 aliphatic heterocycles. The molecule has 4 heterocycles. The van der Waals surface area contributed by atoms with Crippen LogP contribution in [-0.4, -0.2) is 130 Å². The second-order valence-electron chi connectivity index (χ2n) is 16.1. The molecular formula is C42H53FN6O8S. The molecule has 4 saturated heterocycles. The smallest absolute Gasteiger partial charge is 0.329 e. The van der Waals surface area contributed by atoms with Crippen LogP contribution in [0.5, 0.6) is 0 Å². The first-order valence-electron chi connectivity index (χ1n) is 20.0. The summed E-state index contributed by atoms with van der Waals surface area (Å²) in [5, 5.41) is 8.28. The van der Waals surface area contributed by atoms with Crippen LogP contribution in [0, 0.1) is 25.6 Å². The summed E-state index contributed by atoms with van der Waals surface area (Å²) in [5.74, 6) is -4.00. The lowest BCUT2D eigenvalue weighted by molar-refractivity contribution is -0.163. The number of cyclic esters (lactones) is 1. The van der Waals surface area contributed by atoms with Crippen molar-refractivity contribution in [2.45, 2.75) is 109 Å². The molecule has 0 bridgehead atoms. The molecule has 6 rings (SSSR count). The molecule has 4 aliphatic rings. The molecule has 0 aromatic heterocycles. The summed E-state index contributed by atoms with van der Waals surface area (Å²) < 4.78 is 20.7. The molecule has 4 fully saturated rings. The Kier molecular flexibility index (Phi) is 13.4. The van der Waals surface area contributed by atoms with E-state index in [2.05, 4.69) is 16.0 Å². The number of hydrogen-bond acceptors (Lipinski definition) is 9. The van der Waals surface area contributed by atoms with Crippen molar-refractivity contribution < 1.29 is 42.7 Å². The highest BCUT2D eigenvalue weighted by Crippen LogP contribution is 2.28. The number of nitrogens with zero attached hydrogens (tertiary/aromatic N) is 3. The molecule has 16 heteroatoms. The zero-order valence-electron chi connectivity index (χ0n) is 33.6. The van der Waals surface area contributed by atoms with Crippen molar-refractivity contribution in [3.63, 3.8) is 0 Å². The average Bonchev–Trinajstić information content (AvgIpc) is 3.84. The van der Waals surface area contributed by atoms with E-state index in [4.69, 9.17) is 4.74 Å². The van der Waals surface area contributed by atoms with E-state index in [-0.39, 0.29) is 50.4 Å². The lowest BCUT2D eigenvalue weighted by Gasteiger charge is -2.39. The minimum atomic E-state index is -1.51. The van der Waals surface area contributed by atoms with Crippen molar-refractivity contribution in [2.75, 3.05) is 31.1 Å². The third kappa shape index (κ3) is 9.64. The Morgan fingerprint density at radius 1 is 0.914 bits per heavy atom. The van der Waals surface area contributed by atoms with E-state index in [9.17, 15) is 38.0 Å². The first kappa shape index (κ1) is 42.6. The highest BCUT2D eigenvalue weighted by atomic mass is 32.2. The number of rotatable bonds is 7. The fraction of sp³-hybridized carbons (Fsp3) is 0.548. The summed E-state index contributed by atoms with van der Waals surface area (Å²) in [6.45, 7) is 9.19. The van der Waals surface area contributed by atoms with Gasteiger partial charge in [0.15, 0.2) is 0 Å². The van der Waals surface area contributed by atoms with E-state index < -0.39 is 89.6 Å². The summed E-state index contributed by atoms with van der Waals surface area (Å²) >= 11 is 1.51. The molecule has 2 aromatic rings. The van der Waals surface area contributed by atoms with Gasteiger partial charge < -0.3 is 35.4 Å². The van der Waals surface area contributed by atoms with E-state index in [0.29, 0.717) is 35.5 Å². The van der Waals surface area contributed by atoms with Crippen molar-refractivity contribution >= 4 is 53.2 Å². The number of halogens is 1. The molecule has 58 heavy (non-hydrogen) atoms. The highest BCUT2D eigenvalue weighted by molar-refractivity contribution is 7.99. The van der Waals surface area contributed by atoms with Gasteiger partial charge in [0.25, 0.3) is 0 Å². The molecule has 8 atom stereocenters. The number of amides is 6. The van der Waals surface area contributed by atoms with Crippen LogP contribution in [0.15, 0.2) is 42.5 Å². The largest absolute Gasteiger partial charge is 0.458 e. The fourth-order valence-electron chi connectivity index (χ4n) is 8.34. The third-order valence-corrected chi connectivity index (χ3v) is 12.4. The number of esters is 1. The number of nitrogens with one attached hydrogen (secondary N) is 3. The maximum Gasteiger partial charge on any atom is 0.329 e. The van der Waals surface area contributed by atoms with Crippen LogP contribution in [-0.2, 0) is 51.1 Å². The van der Waals surface area contributed by atoms with Gasteiger partial charge in [0, 0.05) is 37.6 Å². The van der Waals surface area contributed by atoms with Crippen LogP contribution in [0.1, 0.15) is 62.3 Å². The molecule has 312 valence electrons. The van der Waals surface area contributed by atoms with Gasteiger partial charge in [0.2, 0.25) is 35.4 Å². The summed E-state index contributed by atoms with van der Waals surface area (Å²) in [6.07, 6.45) is -0.554.